The number of Topliss-reactive ketones (excluding diaryl/α,β-unsaturated/α-hetero) is 2. The van der Waals surface area contributed by atoms with Crippen molar-refractivity contribution in [2.24, 2.45) is 29.0 Å². The number of rotatable bonds is 55. The summed E-state index contributed by atoms with van der Waals surface area (Å²) in [4.78, 5) is 156. The van der Waals surface area contributed by atoms with Crippen LogP contribution >= 0.6 is 0 Å². The summed E-state index contributed by atoms with van der Waals surface area (Å²) in [6.45, 7) is 9.71. The molecule has 0 radical (unpaired) electrons. The van der Waals surface area contributed by atoms with Crippen LogP contribution in [0.25, 0.3) is 0 Å². The molecular formula is C81H145N11O37. The Bertz CT molecular complexity index is 3360. The number of nitrogens with two attached hydrogens (primary N) is 3. The molecule has 0 aliphatic carbocycles. The quantitative estimate of drug-likeness (QED) is 0.0252. The summed E-state index contributed by atoms with van der Waals surface area (Å²) in [7, 11) is 0. The summed E-state index contributed by atoms with van der Waals surface area (Å²) in [5.74, 6) is -9.15. The number of ether oxygens (including phenoxy) is 10. The number of ketones is 2. The molecular weight excluding hydrogens is 1720 g/mol. The number of aliphatic hydroxyl groups excluding tert-OH is 15. The van der Waals surface area contributed by atoms with Gasteiger partial charge in [-0.25, -0.2) is 0 Å². The van der Waals surface area contributed by atoms with Crippen LogP contribution in [-0.4, -0.2) is 391 Å². The number of primary amides is 2. The van der Waals surface area contributed by atoms with Crippen LogP contribution in [0.3, 0.4) is 0 Å². The normalized spacial score (nSPS) is 30.2. The van der Waals surface area contributed by atoms with Crippen LogP contribution in [-0.2, 0) is 105 Å². The first-order valence-corrected chi connectivity index (χ1v) is 44.0. The lowest BCUT2D eigenvalue weighted by molar-refractivity contribution is -0.292. The van der Waals surface area contributed by atoms with Gasteiger partial charge in [-0.05, 0) is 112 Å². The van der Waals surface area contributed by atoms with E-state index >= 15 is 0 Å². The zero-order valence-electron chi connectivity index (χ0n) is 74.7. The molecule has 10 amide bonds. The Balaban J connectivity index is 0.00000405. The van der Waals surface area contributed by atoms with E-state index in [4.69, 9.17) is 53.1 Å². The highest BCUT2D eigenvalue weighted by atomic mass is 16.7. The van der Waals surface area contributed by atoms with E-state index in [1.54, 1.807) is 13.8 Å². The van der Waals surface area contributed by atoms with E-state index in [2.05, 4.69) is 54.0 Å². The Labute approximate surface area is 748 Å². The van der Waals surface area contributed by atoms with Crippen molar-refractivity contribution in [2.75, 3.05) is 72.3 Å². The molecule has 5 aliphatic rings. The van der Waals surface area contributed by atoms with Gasteiger partial charge in [0, 0.05) is 95.9 Å². The zero-order valence-corrected chi connectivity index (χ0v) is 74.7. The molecule has 0 saturated carbocycles. The Kier molecular flexibility index (Phi) is 55.6. The average molecular weight is 1870 g/mol. The van der Waals surface area contributed by atoms with E-state index in [0.717, 1.165) is 0 Å². The molecule has 746 valence electrons. The summed E-state index contributed by atoms with van der Waals surface area (Å²) in [5.41, 5.74) is 14.9. The van der Waals surface area contributed by atoms with E-state index in [-0.39, 0.29) is 154 Å². The van der Waals surface area contributed by atoms with Crippen LogP contribution in [0.4, 0.5) is 0 Å². The Hall–Kier alpha value is -7.00. The first kappa shape index (κ1) is 116. The molecule has 0 aromatic rings. The maximum atomic E-state index is 14.3. The Morgan fingerprint density at radius 3 is 0.915 bits per heavy atom. The molecule has 0 unspecified atom stereocenters. The van der Waals surface area contributed by atoms with Crippen molar-refractivity contribution in [1.82, 2.24) is 42.5 Å². The third-order valence-electron chi connectivity index (χ3n) is 22.0. The van der Waals surface area contributed by atoms with Gasteiger partial charge in [0.25, 0.3) is 0 Å². The van der Waals surface area contributed by atoms with Gasteiger partial charge in [0.05, 0.1) is 69.6 Å². The number of hydrogen-bond acceptors (Lipinski definition) is 38. The van der Waals surface area contributed by atoms with Gasteiger partial charge >= 0.3 is 0 Å². The van der Waals surface area contributed by atoms with Gasteiger partial charge < -0.3 is 184 Å². The number of carbonyl (C=O) groups excluding carboxylic acids is 12. The molecule has 5 fully saturated rings. The van der Waals surface area contributed by atoms with Crippen molar-refractivity contribution < 1.29 is 182 Å². The number of aliphatic hydroxyl groups is 15. The van der Waals surface area contributed by atoms with Crippen LogP contribution in [0.2, 0.25) is 0 Å². The molecule has 48 heteroatoms. The average Bonchev–Trinajstić information content (AvgIpc) is 0.843. The third-order valence-corrected chi connectivity index (χ3v) is 22.0. The van der Waals surface area contributed by atoms with Crippen LogP contribution in [0, 0.1) is 11.8 Å². The molecule has 0 aromatic carbocycles. The van der Waals surface area contributed by atoms with E-state index in [1.165, 1.54) is 41.5 Å². The minimum atomic E-state index is -1.71. The minimum absolute atomic E-state index is 0.0493. The number of carbonyl (C=O) groups is 12. The van der Waals surface area contributed by atoms with Crippen LogP contribution in [0.5, 0.6) is 0 Å². The van der Waals surface area contributed by atoms with E-state index < -0.39 is 262 Å². The van der Waals surface area contributed by atoms with E-state index in [9.17, 15) is 134 Å². The molecule has 48 nitrogen and oxygen atoms in total. The lowest BCUT2D eigenvalue weighted by Gasteiger charge is -2.38. The first-order valence-electron chi connectivity index (χ1n) is 44.0. The molecule has 0 bridgehead atoms. The second-order valence-corrected chi connectivity index (χ2v) is 32.4. The zero-order chi connectivity index (χ0) is 96.9. The first-order chi connectivity index (χ1) is 60.9. The fourth-order valence-corrected chi connectivity index (χ4v) is 13.7. The van der Waals surface area contributed by atoms with Gasteiger partial charge in [0.15, 0.2) is 37.2 Å². The fourth-order valence-electron chi connectivity index (χ4n) is 13.7. The summed E-state index contributed by atoms with van der Waals surface area (Å²) in [6, 6.07) is -3.55. The third kappa shape index (κ3) is 42.0. The Morgan fingerprint density at radius 1 is 0.310 bits per heavy atom. The molecule has 5 rings (SSSR count). The number of amides is 10. The Morgan fingerprint density at radius 2 is 0.581 bits per heavy atom. The van der Waals surface area contributed by atoms with Crippen LogP contribution < -0.4 is 59.7 Å². The van der Waals surface area contributed by atoms with Gasteiger partial charge in [0.2, 0.25) is 59.1 Å². The number of hydrogen-bond donors (Lipinski definition) is 26. The van der Waals surface area contributed by atoms with Gasteiger partial charge in [-0.3, -0.25) is 57.5 Å². The lowest BCUT2D eigenvalue weighted by Crippen LogP contribution is -2.57. The van der Waals surface area contributed by atoms with Crippen molar-refractivity contribution >= 4 is 70.6 Å². The highest BCUT2D eigenvalue weighted by molar-refractivity contribution is 5.91. The molecule has 30 atom stereocenters. The SMILES string of the molecule is CC(=O)[C@H](CCCCN)NC(=O)CCCCC(=O)N[C@@H](CCC(=O)C[C@@H](CCC(=O)N[C@@H](CCCC[C@@H](CCC(=O)NCCO[C@@H]1O[C@@H](C)[C@@H](O)[C@@H](O)[C@@H]1O)C(=O)NCCO[C@@H]1O[C@@H](C)[C@@H](O)[C@@H](O)[C@@H]1O)C(=O)NCCO[C@@H]1O[C@@H](C)[C@@H](O)[C@@H](O)[C@@H]1O)C(=O)NCCO[C@@H]1O[C@@H](C)[C@@H](O)[C@@H](O)[C@@H]1O)C(=O)NCCO[C@@H]1O[C@@H](C)[C@@H](O)[C@@H](O)[C@@H]1O.CCC(N)=O.CCC(N)=O. The molecule has 0 spiro atoms. The smallest absolute Gasteiger partial charge is 0.242 e. The molecule has 5 heterocycles. The summed E-state index contributed by atoms with van der Waals surface area (Å²) in [6.07, 6.45) is -35.3. The van der Waals surface area contributed by atoms with Crippen LogP contribution in [0.15, 0.2) is 0 Å². The lowest BCUT2D eigenvalue weighted by atomic mass is 9.93. The summed E-state index contributed by atoms with van der Waals surface area (Å²) < 4.78 is 55.2. The molecule has 5 aliphatic heterocycles. The van der Waals surface area contributed by atoms with Gasteiger partial charge in [-0.15, -0.1) is 0 Å². The summed E-state index contributed by atoms with van der Waals surface area (Å²) in [5, 5.41) is 176. The van der Waals surface area contributed by atoms with Gasteiger partial charge in [-0.1, -0.05) is 26.7 Å². The monoisotopic (exact) mass is 1860 g/mol. The second kappa shape index (κ2) is 61.7. The van der Waals surface area contributed by atoms with Gasteiger partial charge in [0.1, 0.15) is 109 Å². The largest absolute Gasteiger partial charge is 0.388 e. The maximum Gasteiger partial charge on any atom is 0.242 e. The summed E-state index contributed by atoms with van der Waals surface area (Å²) >= 11 is 0. The van der Waals surface area contributed by atoms with Crippen molar-refractivity contribution in [2.45, 2.75) is 355 Å². The highest BCUT2D eigenvalue weighted by Crippen LogP contribution is 2.28. The maximum absolute atomic E-state index is 14.3. The second-order valence-electron chi connectivity index (χ2n) is 32.4. The van der Waals surface area contributed by atoms with Crippen LogP contribution in [0.1, 0.15) is 184 Å². The molecule has 5 saturated heterocycles. The number of unbranched alkanes of at least 4 members (excludes halogenated alkanes) is 3. The highest BCUT2D eigenvalue weighted by Gasteiger charge is 2.47. The fraction of sp³-hybridized carbons (Fsp3) is 0.852. The predicted molar refractivity (Wildman–Crippen MR) is 446 cm³/mol. The topological polar surface area (TPSA) is 775 Å². The minimum Gasteiger partial charge on any atom is -0.388 e. The van der Waals surface area contributed by atoms with E-state index in [0.29, 0.717) is 38.6 Å². The van der Waals surface area contributed by atoms with Crippen molar-refractivity contribution in [3.8, 4) is 0 Å². The molecule has 129 heavy (non-hydrogen) atoms. The molecule has 29 N–H and O–H groups in total. The molecule has 0 aromatic heterocycles. The number of nitrogens with one attached hydrogen (secondary N) is 8. The van der Waals surface area contributed by atoms with Crippen molar-refractivity contribution in [3.63, 3.8) is 0 Å². The predicted octanol–water partition coefficient (Wildman–Crippen LogP) is -9.62. The van der Waals surface area contributed by atoms with E-state index in [1.807, 2.05) is 0 Å². The standard InChI is InChI=1S/C75H131N9O35.2C3H7NO/c1-36(85)45(14-11-12-24-76)82-49(88)16-9-10-17-50(89)84-47(70(109)81-29-34-114-75-66(105)61(100)56(95)41(6)119-75)21-20-44(86)35-43(68(107)79-27-32-112-73-64(103)59(98)54(93)39(4)117-73)19-23-51(90)83-46(69(108)80-28-33-113-74-65(104)60(99)55(94)40(5)118-74)15-8-7-13-42(67(106)78-26-31-111-72-63(102)58(97)53(92)38(3)116-72)18-22-48(87)77-25-30-110-71-62(101)57(96)52(91)37(2)115-71;2*1-2-3(4)5/h37-43,45-47,52-66,71-75,91-105H,7-35,76H2,1-6H3,(H,77,87)(H,78,106)(H,79,107)(H,80,108)(H,81,109)(H,82,88)(H,83,90)(H,84,89);2*2H2,1H3,(H2,4,5)/t37-,38-,39-,40-,41-,42-,43+,45-,46-,47-,52+,53+,54+,55+,56+,57+,58+,59+,60+,61+,62-,63-,64-,65-,66-,71+,72+,73+,74+,75+;;/m0../s1. The van der Waals surface area contributed by atoms with Crippen molar-refractivity contribution in [1.29, 1.82) is 0 Å². The van der Waals surface area contributed by atoms with Crippen molar-refractivity contribution in [3.05, 3.63) is 0 Å². The van der Waals surface area contributed by atoms with Gasteiger partial charge in [-0.2, -0.15) is 0 Å².